The van der Waals surface area contributed by atoms with Crippen molar-refractivity contribution >= 4 is 34.1 Å². The molecule has 0 unspecified atom stereocenters. The fourth-order valence-electron chi connectivity index (χ4n) is 1.67. The number of anilines is 2. The van der Waals surface area contributed by atoms with E-state index < -0.39 is 0 Å². The van der Waals surface area contributed by atoms with E-state index in [2.05, 4.69) is 15.6 Å². The van der Waals surface area contributed by atoms with Gasteiger partial charge >= 0.3 is 0 Å². The van der Waals surface area contributed by atoms with Crippen molar-refractivity contribution in [1.82, 2.24) is 4.37 Å². The highest BCUT2D eigenvalue weighted by Gasteiger charge is 2.12. The van der Waals surface area contributed by atoms with Gasteiger partial charge < -0.3 is 11.1 Å². The first kappa shape index (κ1) is 13.8. The van der Waals surface area contributed by atoms with Crippen LogP contribution >= 0.6 is 23.3 Å². The number of rotatable bonds is 6. The lowest BCUT2D eigenvalue weighted by Crippen LogP contribution is -2.04. The normalized spacial score (nSPS) is 10.1. The van der Waals surface area contributed by atoms with Crippen molar-refractivity contribution in [2.24, 2.45) is 0 Å². The minimum Gasteiger partial charge on any atom is -0.382 e. The number of nitrogens with two attached hydrogens (primary N) is 1. The van der Waals surface area contributed by atoms with E-state index in [1.165, 1.54) is 11.5 Å². The van der Waals surface area contributed by atoms with Crippen LogP contribution in [-0.2, 0) is 0 Å². The molecule has 0 amide bonds. The second kappa shape index (κ2) is 7.07. The number of nitrogens with zero attached hydrogens (tertiary/aromatic N) is 1. The van der Waals surface area contributed by atoms with Crippen molar-refractivity contribution in [1.29, 1.82) is 0 Å². The molecule has 0 saturated carbocycles. The molecule has 5 heteroatoms. The first-order chi connectivity index (χ1) is 9.33. The van der Waals surface area contributed by atoms with Crippen LogP contribution in [-0.4, -0.2) is 22.4 Å². The van der Waals surface area contributed by atoms with Gasteiger partial charge in [0.25, 0.3) is 0 Å². The fraction of sp³-hybridized carbons (Fsp3) is 0.214. The molecule has 0 saturated heterocycles. The Morgan fingerprint density at radius 3 is 2.89 bits per heavy atom. The molecule has 3 N–H and O–H groups in total. The molecule has 0 spiro atoms. The van der Waals surface area contributed by atoms with Crippen LogP contribution in [0, 0.1) is 12.3 Å². The van der Waals surface area contributed by atoms with E-state index in [1.807, 2.05) is 30.3 Å². The summed E-state index contributed by atoms with van der Waals surface area (Å²) in [6.07, 6.45) is 5.21. The molecule has 0 bridgehead atoms. The molecule has 19 heavy (non-hydrogen) atoms. The molecule has 1 aromatic heterocycles. The van der Waals surface area contributed by atoms with E-state index in [0.717, 1.165) is 34.2 Å². The average Bonchev–Trinajstić information content (AvgIpc) is 2.81. The predicted octanol–water partition coefficient (Wildman–Crippen LogP) is 3.17. The zero-order valence-electron chi connectivity index (χ0n) is 10.4. The summed E-state index contributed by atoms with van der Waals surface area (Å²) in [6, 6.07) is 10.1. The van der Waals surface area contributed by atoms with Crippen LogP contribution in [0.4, 0.5) is 10.8 Å². The van der Waals surface area contributed by atoms with E-state index in [-0.39, 0.29) is 0 Å². The van der Waals surface area contributed by atoms with Gasteiger partial charge in [-0.1, -0.05) is 36.3 Å². The average molecular weight is 289 g/mol. The maximum atomic E-state index is 5.95. The summed E-state index contributed by atoms with van der Waals surface area (Å²) in [5.74, 6) is 4.91. The van der Waals surface area contributed by atoms with Crippen molar-refractivity contribution in [3.05, 3.63) is 30.3 Å². The van der Waals surface area contributed by atoms with Crippen LogP contribution in [0.15, 0.2) is 30.3 Å². The van der Waals surface area contributed by atoms with Crippen molar-refractivity contribution in [3.8, 4) is 23.5 Å². The van der Waals surface area contributed by atoms with Crippen LogP contribution in [0.5, 0.6) is 0 Å². The highest BCUT2D eigenvalue weighted by molar-refractivity contribution is 7.99. The Hall–Kier alpha value is -1.64. The molecule has 0 fully saturated rings. The van der Waals surface area contributed by atoms with Gasteiger partial charge in [-0.05, 0) is 17.1 Å². The second-order valence-corrected chi connectivity index (χ2v) is 5.70. The lowest BCUT2D eigenvalue weighted by Gasteiger charge is -2.06. The van der Waals surface area contributed by atoms with E-state index in [9.17, 15) is 0 Å². The van der Waals surface area contributed by atoms with Gasteiger partial charge in [-0.15, -0.1) is 18.2 Å². The molecule has 2 rings (SSSR count). The summed E-state index contributed by atoms with van der Waals surface area (Å²) >= 11 is 3.13. The van der Waals surface area contributed by atoms with Crippen molar-refractivity contribution in [3.63, 3.8) is 0 Å². The zero-order valence-corrected chi connectivity index (χ0v) is 12.1. The van der Waals surface area contributed by atoms with E-state index in [0.29, 0.717) is 5.82 Å². The largest absolute Gasteiger partial charge is 0.382 e. The number of hydrogen-bond acceptors (Lipinski definition) is 5. The van der Waals surface area contributed by atoms with Crippen LogP contribution < -0.4 is 11.1 Å². The molecule has 1 aromatic carbocycles. The number of terminal acetylenes is 1. The fourth-order valence-corrected chi connectivity index (χ4v) is 2.94. The van der Waals surface area contributed by atoms with Crippen LogP contribution in [0.3, 0.4) is 0 Å². The molecule has 1 heterocycles. The van der Waals surface area contributed by atoms with Gasteiger partial charge in [0.1, 0.15) is 10.8 Å². The third-order valence-corrected chi connectivity index (χ3v) is 4.18. The third kappa shape index (κ3) is 3.66. The molecule has 2 aromatic rings. The van der Waals surface area contributed by atoms with Gasteiger partial charge in [-0.2, -0.15) is 4.37 Å². The summed E-state index contributed by atoms with van der Waals surface area (Å²) in [6.45, 7) is 0.855. The number of benzene rings is 1. The van der Waals surface area contributed by atoms with Gasteiger partial charge in [-0.3, -0.25) is 0 Å². The quantitative estimate of drug-likeness (QED) is 0.633. The molecule has 98 valence electrons. The summed E-state index contributed by atoms with van der Waals surface area (Å²) in [7, 11) is 0. The third-order valence-electron chi connectivity index (χ3n) is 2.50. The molecular weight excluding hydrogens is 274 g/mol. The standard InChI is InChI=1S/C14H15N3S2/c1-2-9-18-10-8-16-14-12(13(15)17-19-14)11-6-4-3-5-7-11/h1,3-7,16H,8-10H2,(H2,15,17). The number of hydrogen-bond donors (Lipinski definition) is 2. The van der Waals surface area contributed by atoms with Gasteiger partial charge in [0, 0.05) is 12.3 Å². The Morgan fingerprint density at radius 1 is 1.37 bits per heavy atom. The molecule has 0 aliphatic rings. The van der Waals surface area contributed by atoms with Crippen molar-refractivity contribution in [2.45, 2.75) is 0 Å². The minimum atomic E-state index is 0.579. The Labute approximate surface area is 121 Å². The van der Waals surface area contributed by atoms with E-state index in [4.69, 9.17) is 12.2 Å². The Kier molecular flexibility index (Phi) is 5.13. The Balaban J connectivity index is 2.05. The number of aromatic nitrogens is 1. The maximum Gasteiger partial charge on any atom is 0.147 e. The highest BCUT2D eigenvalue weighted by Crippen LogP contribution is 2.36. The first-order valence-electron chi connectivity index (χ1n) is 5.88. The molecule has 0 radical (unpaired) electrons. The SMILES string of the molecule is C#CCSCCNc1snc(N)c1-c1ccccc1. The van der Waals surface area contributed by atoms with Crippen LogP contribution in [0.1, 0.15) is 0 Å². The number of thioether (sulfide) groups is 1. The smallest absolute Gasteiger partial charge is 0.147 e. The topological polar surface area (TPSA) is 50.9 Å². The number of nitrogen functional groups attached to an aromatic ring is 1. The van der Waals surface area contributed by atoms with Gasteiger partial charge in [0.05, 0.1) is 11.3 Å². The molecule has 0 atom stereocenters. The summed E-state index contributed by atoms with van der Waals surface area (Å²) in [4.78, 5) is 0. The van der Waals surface area contributed by atoms with Gasteiger partial charge in [-0.25, -0.2) is 0 Å². The van der Waals surface area contributed by atoms with Gasteiger partial charge in [0.15, 0.2) is 0 Å². The monoisotopic (exact) mass is 289 g/mol. The van der Waals surface area contributed by atoms with Crippen LogP contribution in [0.25, 0.3) is 11.1 Å². The Morgan fingerprint density at radius 2 is 2.16 bits per heavy atom. The summed E-state index contributed by atoms with van der Waals surface area (Å²) < 4.78 is 4.23. The van der Waals surface area contributed by atoms with Crippen LogP contribution in [0.2, 0.25) is 0 Å². The molecule has 3 nitrogen and oxygen atoms in total. The minimum absolute atomic E-state index is 0.579. The van der Waals surface area contributed by atoms with Crippen molar-refractivity contribution < 1.29 is 0 Å². The zero-order chi connectivity index (χ0) is 13.5. The lowest BCUT2D eigenvalue weighted by atomic mass is 10.1. The molecule has 0 aliphatic carbocycles. The van der Waals surface area contributed by atoms with Crippen molar-refractivity contribution in [2.75, 3.05) is 29.1 Å². The lowest BCUT2D eigenvalue weighted by molar-refractivity contribution is 1.25. The maximum absolute atomic E-state index is 5.95. The highest BCUT2D eigenvalue weighted by atomic mass is 32.2. The second-order valence-electron chi connectivity index (χ2n) is 3.82. The molecule has 0 aliphatic heterocycles. The Bertz CT molecular complexity index is 558. The summed E-state index contributed by atoms with van der Waals surface area (Å²) in [5, 5.41) is 4.40. The number of nitrogens with one attached hydrogen (secondary N) is 1. The molecular formula is C14H15N3S2. The first-order valence-corrected chi connectivity index (χ1v) is 7.81. The summed E-state index contributed by atoms with van der Waals surface area (Å²) in [5.41, 5.74) is 8.04. The predicted molar refractivity (Wildman–Crippen MR) is 86.6 cm³/mol. The van der Waals surface area contributed by atoms with E-state index >= 15 is 0 Å². The van der Waals surface area contributed by atoms with Gasteiger partial charge in [0.2, 0.25) is 0 Å². The van der Waals surface area contributed by atoms with E-state index in [1.54, 1.807) is 11.8 Å².